The van der Waals surface area contributed by atoms with E-state index in [1.54, 1.807) is 85.0 Å². The third-order valence-electron chi connectivity index (χ3n) is 10.5. The Kier molecular flexibility index (Phi) is 56.1. The van der Waals surface area contributed by atoms with Crippen LogP contribution in [0.3, 0.4) is 0 Å². The van der Waals surface area contributed by atoms with Crippen LogP contribution in [0, 0.1) is 27.8 Å². The molecule has 93 heavy (non-hydrogen) atoms. The number of rotatable bonds is 11. The molecule has 0 aliphatic heterocycles. The van der Waals surface area contributed by atoms with E-state index in [0.29, 0.717) is 62.5 Å². The van der Waals surface area contributed by atoms with Gasteiger partial charge in [-0.3, -0.25) is 4.91 Å². The fourth-order valence-corrected chi connectivity index (χ4v) is 7.24. The number of para-hydroxylation sites is 5. The Balaban J connectivity index is -0.000000331. The average molecular weight is 1630 g/mol. The van der Waals surface area contributed by atoms with Crippen molar-refractivity contribution in [2.45, 2.75) is 0 Å². The molecule has 0 atom stereocenters. The number of hydrogen-bond donors (Lipinski definition) is 1. The predicted molar refractivity (Wildman–Crippen MR) is 338 cm³/mol. The number of carboxylic acid groups (broad SMARTS) is 1. The van der Waals surface area contributed by atoms with Crippen LogP contribution >= 0.6 is 45.2 Å². The standard InChI is InChI=1S/2C12H13N3O3.C11H11N3O3.C11H10O3.C7H7IO.C4H3O2.CH3I.2Cu.N3.2Na.H2O.O/c1-15-11(10(13-14-15)12(16)18-3)8-6-4-5-7-9(8)17-2;1-15-11(12(16)18-3)10(13-14-15)8-6-4-5-7-9(8)17-2;1-14-10(11(15)16)9(12-13-14)7-5-3-4-6-8(7)17-2;1-13-10-6-4-3-5-9(10)7-8-11(12)14-2;1-9-7-5-3-2-4-6(7)8;1-3-4(5)6-2;1-2;;;1-3-2;;;;/h2*4-7H,1-3H3;3-6H,1-2H3,(H,15,16);3-6H,1-2H3;2-5H,1H3;2H3;1H3;;;;;;1H2;/q;;;;;+1;;;;-1;2*+1;;/p-1. The van der Waals surface area contributed by atoms with E-state index >= 15 is 0 Å². The number of esters is 4. The van der Waals surface area contributed by atoms with Crippen LogP contribution in [0.1, 0.15) is 37.0 Å². The predicted octanol–water partition coefficient (Wildman–Crippen LogP) is 2.64. The summed E-state index contributed by atoms with van der Waals surface area (Å²) in [5.41, 5.74) is 18.0. The molecule has 35 heteroatoms. The molecule has 2 N–H and O–H groups in total. The first-order valence-electron chi connectivity index (χ1n) is 24.4. The van der Waals surface area contributed by atoms with E-state index in [1.807, 2.05) is 83.8 Å². The molecule has 0 saturated heterocycles. The number of methoxy groups -OCH3 is 9. The molecule has 0 bridgehead atoms. The van der Waals surface area contributed by atoms with Crippen molar-refractivity contribution in [3.63, 3.8) is 0 Å². The normalized spacial score (nSPS) is 8.59. The van der Waals surface area contributed by atoms with Crippen molar-refractivity contribution >= 4 is 75.0 Å². The second kappa shape index (κ2) is 55.3. The number of nitrogens with zero attached hydrogens (tertiary/aromatic N) is 12. The van der Waals surface area contributed by atoms with Crippen molar-refractivity contribution in [1.29, 1.82) is 0 Å². The van der Waals surface area contributed by atoms with Crippen molar-refractivity contribution in [1.82, 2.24) is 45.0 Å². The molecule has 8 aromatic rings. The van der Waals surface area contributed by atoms with Crippen LogP contribution < -0.4 is 82.8 Å². The minimum atomic E-state index is -1.07. The number of ether oxygens (including phenoxy) is 9. The Labute approximate surface area is 627 Å². The molecule has 29 nitrogen and oxygen atoms in total. The Morgan fingerprint density at radius 3 is 1.26 bits per heavy atom. The molecule has 0 aliphatic rings. The van der Waals surface area contributed by atoms with Crippen LogP contribution in [0.2, 0.25) is 0 Å². The quantitative estimate of drug-likeness (QED) is 0.0186. The molecule has 0 saturated carbocycles. The Bertz CT molecular complexity index is 3690. The summed E-state index contributed by atoms with van der Waals surface area (Å²) in [7, 11) is 17.9. The number of benzene rings is 5. The molecule has 5 aromatic carbocycles. The molecule has 8 rings (SSSR count). The molecule has 0 amide bonds. The van der Waals surface area contributed by atoms with Gasteiger partial charge in [0.15, 0.2) is 17.1 Å². The van der Waals surface area contributed by atoms with Gasteiger partial charge < -0.3 is 59.5 Å². The van der Waals surface area contributed by atoms with Crippen molar-refractivity contribution < 1.29 is 173 Å². The van der Waals surface area contributed by atoms with Gasteiger partial charge in [0.05, 0.1) is 66.0 Å². The number of halogens is 2. The summed E-state index contributed by atoms with van der Waals surface area (Å²) in [5.74, 6) is 6.55. The van der Waals surface area contributed by atoms with Crippen molar-refractivity contribution in [2.75, 3.05) is 68.9 Å². The first-order valence-corrected chi connectivity index (χ1v) is 28.0. The van der Waals surface area contributed by atoms with Gasteiger partial charge in [0.25, 0.3) is 0 Å². The van der Waals surface area contributed by atoms with E-state index in [0.717, 1.165) is 14.9 Å². The van der Waals surface area contributed by atoms with Gasteiger partial charge in [-0.1, -0.05) is 105 Å². The van der Waals surface area contributed by atoms with Gasteiger partial charge in [0.2, 0.25) is 0 Å². The molecule has 3 aromatic heterocycles. The van der Waals surface area contributed by atoms with E-state index in [-0.39, 0.29) is 93.0 Å². The summed E-state index contributed by atoms with van der Waals surface area (Å²) in [6, 6.07) is 36.9. The number of aromatic carboxylic acids is 1. The van der Waals surface area contributed by atoms with Gasteiger partial charge in [0, 0.05) is 60.8 Å². The Morgan fingerprint density at radius 2 is 0.882 bits per heavy atom. The monoisotopic (exact) mass is 1620 g/mol. The first kappa shape index (κ1) is 94.5. The number of carboxylic acids is 1. The summed E-state index contributed by atoms with van der Waals surface area (Å²) in [6.45, 7) is 0. The van der Waals surface area contributed by atoms with Gasteiger partial charge in [-0.2, -0.15) is 0 Å². The van der Waals surface area contributed by atoms with E-state index < -0.39 is 29.8 Å². The maximum absolute atomic E-state index is 11.7. The molecule has 0 unspecified atom stereocenters. The summed E-state index contributed by atoms with van der Waals surface area (Å²) in [6.07, 6.45) is 6.08. The zero-order valence-corrected chi connectivity index (χ0v) is 63.0. The van der Waals surface area contributed by atoms with Crippen LogP contribution in [0.4, 0.5) is 0 Å². The molecular weight excluding hydrogens is 1560 g/mol. The maximum atomic E-state index is 11.7. The van der Waals surface area contributed by atoms with E-state index in [1.165, 1.54) is 67.5 Å². The van der Waals surface area contributed by atoms with Crippen molar-refractivity contribution in [3.8, 4) is 80.3 Å². The number of aromatic nitrogens is 9. The van der Waals surface area contributed by atoms with Crippen molar-refractivity contribution in [3.05, 3.63) is 170 Å². The number of carbonyl (C=O) groups is 5. The number of hydrogen-bond acceptors (Lipinski definition) is 22. The molecule has 1 radical (unpaired) electrons. The van der Waals surface area contributed by atoms with Crippen LogP contribution in [0.25, 0.3) is 49.7 Å². The summed E-state index contributed by atoms with van der Waals surface area (Å²) in [4.78, 5) is 58.4. The molecule has 0 aliphatic carbocycles. The zero-order valence-electron chi connectivity index (χ0n) is 52.8. The third-order valence-corrected chi connectivity index (χ3v) is 11.4. The van der Waals surface area contributed by atoms with Gasteiger partial charge >= 0.3 is 138 Å². The number of aryl methyl sites for hydroxylation is 3. The molecule has 0 fully saturated rings. The van der Waals surface area contributed by atoms with E-state index in [4.69, 9.17) is 54.8 Å². The van der Waals surface area contributed by atoms with Crippen LogP contribution in [-0.4, -0.2) is 154 Å². The molecule has 3 heterocycles. The van der Waals surface area contributed by atoms with E-state index in [2.05, 4.69) is 118 Å². The van der Waals surface area contributed by atoms with Gasteiger partial charge in [-0.25, -0.2) is 33.2 Å². The molecular formula is C58H61Cu2I2N12Na2O17+. The summed E-state index contributed by atoms with van der Waals surface area (Å²) >= 11 is 7.32. The number of alkyl halides is 1. The fraction of sp³-hybridized carbons (Fsp3) is 0.224. The summed E-state index contributed by atoms with van der Waals surface area (Å²) in [5, 5.41) is 32.2. The fourth-order valence-electron chi connectivity index (χ4n) is 6.63. The van der Waals surface area contributed by atoms with Crippen molar-refractivity contribution in [2.24, 2.45) is 21.1 Å². The van der Waals surface area contributed by atoms with Crippen LogP contribution in [-0.2, 0) is 86.5 Å². The first-order chi connectivity index (χ1) is 42.9. The number of carbonyl (C=O) groups excluding carboxylic acids is 4. The van der Waals surface area contributed by atoms with Gasteiger partial charge in [-0.05, 0) is 88.2 Å². The topological polar surface area (TPSA) is 387 Å². The van der Waals surface area contributed by atoms with Gasteiger partial charge in [-0.15, -0.1) is 15.3 Å². The van der Waals surface area contributed by atoms with Crippen LogP contribution in [0.5, 0.6) is 28.7 Å². The Hall–Kier alpha value is -7.22. The SMILES string of the molecule is CI.COC(=O)C#Cc1ccccc1OC.COC(=O)c1c(-c2ccccc2OC)nnn1C.COC(=O)c1nnn(C)c1-c1ccccc1OC.COc1ccccc1-c1nnn(C)c1C(=O)O.COc1ccccc1I.[C+]#CC(=O)OC.[Cu].[N-]=[N+]=[N-].[Na+].[Na+].[OH-].[O]=[Cu]. The van der Waals surface area contributed by atoms with Gasteiger partial charge in [0.1, 0.15) is 45.8 Å². The molecule has 0 spiro atoms. The van der Waals surface area contributed by atoms with Crippen LogP contribution in [0.15, 0.2) is 121 Å². The van der Waals surface area contributed by atoms with E-state index in [9.17, 15) is 24.0 Å². The molecule has 492 valence electrons. The second-order valence-electron chi connectivity index (χ2n) is 15.4. The average Bonchev–Trinajstić information content (AvgIpc) is 1.74. The minimum absolute atomic E-state index is 0. The second-order valence-corrected chi connectivity index (χ2v) is 16.6. The summed E-state index contributed by atoms with van der Waals surface area (Å²) < 4.78 is 56.7. The third kappa shape index (κ3) is 31.5. The Morgan fingerprint density at radius 1 is 0.527 bits per heavy atom. The zero-order chi connectivity index (χ0) is 67.4.